The highest BCUT2D eigenvalue weighted by molar-refractivity contribution is 7.12. The van der Waals surface area contributed by atoms with Crippen LogP contribution < -0.4 is 5.32 Å². The number of thiophene rings is 1. The van der Waals surface area contributed by atoms with Gasteiger partial charge < -0.3 is 10.1 Å². The van der Waals surface area contributed by atoms with E-state index in [1.807, 2.05) is 11.3 Å². The molecule has 1 unspecified atom stereocenters. The van der Waals surface area contributed by atoms with E-state index in [2.05, 4.69) is 25.2 Å². The second kappa shape index (κ2) is 4.95. The molecule has 2 nitrogen and oxygen atoms in total. The third kappa shape index (κ3) is 2.49. The Hall–Kier alpha value is -0.380. The SMILES string of the molecule is CC(NCC1(C)COC1)c1cc2c(s1)CCCC2. The molecule has 0 radical (unpaired) electrons. The monoisotopic (exact) mass is 265 g/mol. The average molecular weight is 265 g/mol. The zero-order chi connectivity index (χ0) is 12.6. The van der Waals surface area contributed by atoms with Gasteiger partial charge in [0, 0.05) is 27.8 Å². The Bertz CT molecular complexity index is 399. The lowest BCUT2D eigenvalue weighted by atomic mass is 9.88. The lowest BCUT2D eigenvalue weighted by Gasteiger charge is -2.38. The minimum absolute atomic E-state index is 0.366. The van der Waals surface area contributed by atoms with Crippen LogP contribution in [0.25, 0.3) is 0 Å². The molecule has 18 heavy (non-hydrogen) atoms. The first kappa shape index (κ1) is 12.6. The predicted molar refractivity (Wildman–Crippen MR) is 76.3 cm³/mol. The molecule has 1 N–H and O–H groups in total. The van der Waals surface area contributed by atoms with Crippen LogP contribution in [0.1, 0.15) is 48.0 Å². The molecule has 3 heteroatoms. The molecule has 0 amide bonds. The van der Waals surface area contributed by atoms with Crippen molar-refractivity contribution in [3.63, 3.8) is 0 Å². The van der Waals surface area contributed by atoms with Crippen LogP contribution in [0.5, 0.6) is 0 Å². The van der Waals surface area contributed by atoms with Gasteiger partial charge in [-0.2, -0.15) is 0 Å². The standard InChI is InChI=1S/C15H23NOS/c1-11(16-8-15(2)9-17-10-15)14-7-12-5-3-4-6-13(12)18-14/h7,11,16H,3-6,8-10H2,1-2H3. The number of nitrogens with one attached hydrogen (secondary N) is 1. The van der Waals surface area contributed by atoms with E-state index in [1.54, 1.807) is 10.4 Å². The maximum atomic E-state index is 5.30. The smallest absolute Gasteiger partial charge is 0.0554 e. The van der Waals surface area contributed by atoms with Crippen molar-refractivity contribution in [1.82, 2.24) is 5.32 Å². The van der Waals surface area contributed by atoms with E-state index in [0.29, 0.717) is 11.5 Å². The molecule has 1 fully saturated rings. The number of fused-ring (bicyclic) bond motifs is 1. The van der Waals surface area contributed by atoms with Gasteiger partial charge in [0.05, 0.1) is 13.2 Å². The van der Waals surface area contributed by atoms with Gasteiger partial charge in [0.25, 0.3) is 0 Å². The third-order valence-corrected chi connectivity index (χ3v) is 5.60. The van der Waals surface area contributed by atoms with Crippen molar-refractivity contribution in [2.24, 2.45) is 5.41 Å². The van der Waals surface area contributed by atoms with E-state index < -0.39 is 0 Å². The van der Waals surface area contributed by atoms with Gasteiger partial charge in [-0.25, -0.2) is 0 Å². The summed E-state index contributed by atoms with van der Waals surface area (Å²) in [5.41, 5.74) is 1.98. The van der Waals surface area contributed by atoms with Crippen LogP contribution >= 0.6 is 11.3 Å². The Kier molecular flexibility index (Phi) is 3.48. The number of hydrogen-bond donors (Lipinski definition) is 1. The molecule has 0 saturated carbocycles. The quantitative estimate of drug-likeness (QED) is 0.902. The van der Waals surface area contributed by atoms with Gasteiger partial charge in [-0.05, 0) is 44.2 Å². The zero-order valence-electron chi connectivity index (χ0n) is 11.4. The Morgan fingerprint density at radius 1 is 1.39 bits per heavy atom. The predicted octanol–water partition coefficient (Wildman–Crippen LogP) is 3.31. The minimum atomic E-state index is 0.366. The molecule has 0 bridgehead atoms. The van der Waals surface area contributed by atoms with Crippen LogP contribution in [0.4, 0.5) is 0 Å². The van der Waals surface area contributed by atoms with Gasteiger partial charge in [0.2, 0.25) is 0 Å². The summed E-state index contributed by atoms with van der Waals surface area (Å²) in [4.78, 5) is 3.16. The molecule has 100 valence electrons. The largest absolute Gasteiger partial charge is 0.380 e. The summed E-state index contributed by atoms with van der Waals surface area (Å²) in [5, 5.41) is 3.68. The molecule has 1 aliphatic carbocycles. The molecule has 3 rings (SSSR count). The van der Waals surface area contributed by atoms with E-state index in [4.69, 9.17) is 4.74 Å². The minimum Gasteiger partial charge on any atom is -0.380 e. The highest BCUT2D eigenvalue weighted by atomic mass is 32.1. The molecule has 1 saturated heterocycles. The highest BCUT2D eigenvalue weighted by Crippen LogP contribution is 2.33. The van der Waals surface area contributed by atoms with E-state index in [1.165, 1.54) is 30.6 Å². The summed E-state index contributed by atoms with van der Waals surface area (Å²) in [7, 11) is 0. The molecule has 2 aliphatic rings. The normalized spacial score (nSPS) is 23.2. The number of ether oxygens (including phenoxy) is 1. The van der Waals surface area contributed by atoms with Crippen LogP contribution in [-0.4, -0.2) is 19.8 Å². The van der Waals surface area contributed by atoms with Crippen molar-refractivity contribution in [1.29, 1.82) is 0 Å². The van der Waals surface area contributed by atoms with Gasteiger partial charge in [0.15, 0.2) is 0 Å². The maximum absolute atomic E-state index is 5.30. The average Bonchev–Trinajstić information content (AvgIpc) is 2.77. The van der Waals surface area contributed by atoms with Gasteiger partial charge in [-0.3, -0.25) is 0 Å². The molecule has 0 aromatic carbocycles. The van der Waals surface area contributed by atoms with Crippen LogP contribution in [0, 0.1) is 5.41 Å². The molecule has 2 heterocycles. The summed E-state index contributed by atoms with van der Waals surface area (Å²) in [5.74, 6) is 0. The fourth-order valence-electron chi connectivity index (χ4n) is 2.78. The number of aryl methyl sites for hydroxylation is 2. The highest BCUT2D eigenvalue weighted by Gasteiger charge is 2.33. The van der Waals surface area contributed by atoms with Gasteiger partial charge in [-0.1, -0.05) is 6.92 Å². The Labute approximate surface area is 114 Å². The van der Waals surface area contributed by atoms with Gasteiger partial charge in [-0.15, -0.1) is 11.3 Å². The summed E-state index contributed by atoms with van der Waals surface area (Å²) in [6.45, 7) is 7.48. The van der Waals surface area contributed by atoms with Crippen LogP contribution in [0.2, 0.25) is 0 Å². The van der Waals surface area contributed by atoms with Crippen molar-refractivity contribution in [3.8, 4) is 0 Å². The topological polar surface area (TPSA) is 21.3 Å². The van der Waals surface area contributed by atoms with Crippen LogP contribution in [-0.2, 0) is 17.6 Å². The van der Waals surface area contributed by atoms with E-state index in [0.717, 1.165) is 19.8 Å². The first-order valence-electron chi connectivity index (χ1n) is 7.09. The van der Waals surface area contributed by atoms with E-state index in [9.17, 15) is 0 Å². The lowest BCUT2D eigenvalue weighted by molar-refractivity contribution is -0.0998. The van der Waals surface area contributed by atoms with Gasteiger partial charge >= 0.3 is 0 Å². The van der Waals surface area contributed by atoms with Gasteiger partial charge in [0.1, 0.15) is 0 Å². The van der Waals surface area contributed by atoms with E-state index >= 15 is 0 Å². The fraction of sp³-hybridized carbons (Fsp3) is 0.733. The maximum Gasteiger partial charge on any atom is 0.0554 e. The van der Waals surface area contributed by atoms with E-state index in [-0.39, 0.29) is 0 Å². The van der Waals surface area contributed by atoms with Crippen LogP contribution in [0.15, 0.2) is 6.07 Å². The summed E-state index contributed by atoms with van der Waals surface area (Å²) in [6, 6.07) is 2.93. The fourth-order valence-corrected chi connectivity index (χ4v) is 4.06. The Morgan fingerprint density at radius 2 is 2.17 bits per heavy atom. The number of hydrogen-bond acceptors (Lipinski definition) is 3. The van der Waals surface area contributed by atoms with Crippen molar-refractivity contribution < 1.29 is 4.74 Å². The summed E-state index contributed by atoms with van der Waals surface area (Å²) < 4.78 is 5.30. The summed E-state index contributed by atoms with van der Waals surface area (Å²) >= 11 is 2.03. The van der Waals surface area contributed by atoms with Crippen LogP contribution in [0.3, 0.4) is 0 Å². The van der Waals surface area contributed by atoms with Crippen molar-refractivity contribution in [3.05, 3.63) is 21.4 Å². The zero-order valence-corrected chi connectivity index (χ0v) is 12.2. The molecule has 1 aromatic rings. The Balaban J connectivity index is 1.61. The molecule has 1 aliphatic heterocycles. The second-order valence-corrected chi connectivity index (χ2v) is 7.38. The Morgan fingerprint density at radius 3 is 2.83 bits per heavy atom. The summed E-state index contributed by atoms with van der Waals surface area (Å²) in [6.07, 6.45) is 5.35. The molecule has 1 atom stereocenters. The van der Waals surface area contributed by atoms with Crippen molar-refractivity contribution >= 4 is 11.3 Å². The molecular formula is C15H23NOS. The first-order chi connectivity index (χ1) is 8.66. The second-order valence-electron chi connectivity index (χ2n) is 6.21. The number of rotatable bonds is 4. The van der Waals surface area contributed by atoms with Crippen molar-refractivity contribution in [2.45, 2.75) is 45.6 Å². The lowest BCUT2D eigenvalue weighted by Crippen LogP contribution is -2.47. The third-order valence-electron chi connectivity index (χ3n) is 4.18. The molecule has 1 aromatic heterocycles. The molecular weight excluding hydrogens is 242 g/mol. The first-order valence-corrected chi connectivity index (χ1v) is 7.91. The van der Waals surface area contributed by atoms with Crippen molar-refractivity contribution in [2.75, 3.05) is 19.8 Å². The molecule has 0 spiro atoms.